The van der Waals surface area contributed by atoms with Crippen LogP contribution in [0.2, 0.25) is 0 Å². The predicted octanol–water partition coefficient (Wildman–Crippen LogP) is 10.7. The molecule has 3 fully saturated rings. The van der Waals surface area contributed by atoms with E-state index in [9.17, 15) is 14.4 Å². The van der Waals surface area contributed by atoms with E-state index in [-0.39, 0.29) is 45.3 Å². The summed E-state index contributed by atoms with van der Waals surface area (Å²) in [5.74, 6) is -35.2. The Labute approximate surface area is 623 Å². The summed E-state index contributed by atoms with van der Waals surface area (Å²) in [4.78, 5) is 43.3. The summed E-state index contributed by atoms with van der Waals surface area (Å²) in [6.45, 7) is -43.5. The minimum Gasteiger partial charge on any atom is -0.493 e. The molecule has 9 rings (SSSR count). The second kappa shape index (κ2) is 32.5. The molecule has 0 aromatic heterocycles. The van der Waals surface area contributed by atoms with Crippen LogP contribution in [0, 0.1) is 53.1 Å². The van der Waals surface area contributed by atoms with Crippen LogP contribution in [0.4, 0.5) is 0 Å². The van der Waals surface area contributed by atoms with Gasteiger partial charge < -0.3 is 59.8 Å². The Balaban J connectivity index is 0.000000304. The second-order valence-corrected chi connectivity index (χ2v) is 20.9. The zero-order chi connectivity index (χ0) is 118. The maximum Gasteiger partial charge on any atom is 0.323 e. The van der Waals surface area contributed by atoms with Crippen LogP contribution in [0.15, 0.2) is 36.4 Å². The highest BCUT2D eigenvalue weighted by molar-refractivity contribution is 5.77. The number of hydrogen-bond donors (Lipinski definition) is 3. The third-order valence-corrected chi connectivity index (χ3v) is 15.0. The SMILES string of the molecule is [2H]C([2H])([2H])C([2H])(C)C([2H])([2H])C1CN2C(CC1OC(=O)[C@@]([2H])(N)C([2H])(C([2H])([2H])[2H])C([2H])([2H])[2H])c1cc(OC)c(OC)cc1C([2H])([2H])C2([2H])[2H].[2H]C([2H])([2H])Oc1cc2c(cc1OC)C1CC(OC(=O)[C@@]([2H])(N)C([2H])(C([2H])([2H])[2H])C([2H])([2H])[2H])C(C([2H])([2H])C([2H])(C)C([2H])([2H])[2H])CN1C([2H])([2H])C2([2H])[2H].[2H]C([2H])([2H])Oc1cc2c(cc1OC)C1CC(OC(=O)[C@@]([2H])(N)C([2H])(C([2H])([2H])[2H])C([2H])([2H])[2H])C(C([2H])([2H])C([2H])(C)C([2H])([2H])[2H])CN1C([2H])([2H])C2([2H])[2H]. The van der Waals surface area contributed by atoms with E-state index in [1.54, 1.807) is 0 Å². The average Bonchev–Trinajstić information content (AvgIpc) is 0.704. The molecule has 6 aliphatic heterocycles. The van der Waals surface area contributed by atoms with Gasteiger partial charge in [-0.2, -0.15) is 0 Å². The van der Waals surface area contributed by atoms with Crippen molar-refractivity contribution in [3.8, 4) is 34.5 Å². The summed E-state index contributed by atoms with van der Waals surface area (Å²) in [5, 5.41) is 0. The molecule has 15 atom stereocenters. The maximum atomic E-state index is 13.6. The molecule has 6 aliphatic rings. The molecule has 3 aromatic carbocycles. The number of nitrogens with two attached hydrogens (primary N) is 3. The Morgan fingerprint density at radius 1 is 0.467 bits per heavy atom. The molecule has 0 saturated carbocycles. The Hall–Kier alpha value is -5.37. The van der Waals surface area contributed by atoms with E-state index >= 15 is 0 Å². The first-order valence-corrected chi connectivity index (χ1v) is 27.3. The quantitative estimate of drug-likeness (QED) is 0.0666. The van der Waals surface area contributed by atoms with Crippen molar-refractivity contribution in [1.29, 1.82) is 0 Å². The van der Waals surface area contributed by atoms with Crippen LogP contribution in [0.5, 0.6) is 34.5 Å². The topological polar surface area (TPSA) is 222 Å². The number of ether oxygens (including phenoxy) is 9. The minimum absolute atomic E-state index is 0.0308. The van der Waals surface area contributed by atoms with Crippen molar-refractivity contribution in [3.05, 3.63) is 69.8 Å². The number of nitrogens with zero attached hydrogens (tertiary/aromatic N) is 3. The summed E-state index contributed by atoms with van der Waals surface area (Å²) in [7, 11) is -1.37. The Kier molecular flexibility index (Phi) is 9.41. The second-order valence-electron chi connectivity index (χ2n) is 20.9. The van der Waals surface area contributed by atoms with Crippen molar-refractivity contribution in [3.63, 3.8) is 0 Å². The van der Waals surface area contributed by atoms with E-state index in [4.69, 9.17) is 142 Å². The number of fused-ring (bicyclic) bond motifs is 9. The molecule has 18 heteroatoms. The fourth-order valence-electron chi connectivity index (χ4n) is 10.8. The number of benzene rings is 3. The minimum atomic E-state index is -4.04. The van der Waals surface area contributed by atoms with Crippen LogP contribution in [0.3, 0.4) is 0 Å². The summed E-state index contributed by atoms with van der Waals surface area (Å²) in [5.41, 5.74) is 15.7. The summed E-state index contributed by atoms with van der Waals surface area (Å²) in [6.07, 6.45) is -27.0. The van der Waals surface area contributed by atoms with Crippen LogP contribution in [0.25, 0.3) is 0 Å². The van der Waals surface area contributed by atoms with Crippen LogP contribution in [-0.4, -0.2) is 151 Å². The third kappa shape index (κ3) is 17.5. The van der Waals surface area contributed by atoms with Gasteiger partial charge in [0.15, 0.2) is 34.5 Å². The lowest BCUT2D eigenvalue weighted by Crippen LogP contribution is -2.51. The fraction of sp³-hybridized carbons (Fsp3) is 0.708. The van der Waals surface area contributed by atoms with Crippen LogP contribution >= 0.6 is 0 Å². The van der Waals surface area contributed by atoms with Crippen molar-refractivity contribution < 1.29 is 139 Å². The lowest BCUT2D eigenvalue weighted by molar-refractivity contribution is -0.161. The molecule has 6 N–H and O–H groups in total. The summed E-state index contributed by atoms with van der Waals surface area (Å²) in [6, 6.07) is -9.43. The Morgan fingerprint density at radius 2 is 0.733 bits per heavy atom. The molecular weight excluding hydrogens is 1140 g/mol. The molecule has 504 valence electrons. The van der Waals surface area contributed by atoms with Gasteiger partial charge >= 0.3 is 17.9 Å². The first-order chi connectivity index (χ1) is 65.9. The molecule has 12 unspecified atom stereocenters. The van der Waals surface area contributed by atoms with Crippen LogP contribution in [0.1, 0.15) is 255 Å². The third-order valence-electron chi connectivity index (χ3n) is 15.0. The molecular formula is C72H114N6O12. The molecule has 0 radical (unpaired) electrons. The number of carbonyl (C=O) groups is 3. The molecule has 3 saturated heterocycles. The van der Waals surface area contributed by atoms with Gasteiger partial charge in [0.2, 0.25) is 0 Å². The van der Waals surface area contributed by atoms with Crippen molar-refractivity contribution in [1.82, 2.24) is 14.7 Å². The van der Waals surface area contributed by atoms with E-state index < -0.39 is 321 Å². The number of carbonyl (C=O) groups excluding carboxylic acids is 3. The lowest BCUT2D eigenvalue weighted by atomic mass is 9.79. The molecule has 0 amide bonds. The predicted molar refractivity (Wildman–Crippen MR) is 353 cm³/mol. The monoisotopic (exact) mass is 1320 g/mol. The molecule has 3 aromatic rings. The molecule has 0 spiro atoms. The van der Waals surface area contributed by atoms with E-state index in [0.717, 1.165) is 60.1 Å². The van der Waals surface area contributed by atoms with E-state index in [1.165, 1.54) is 26.4 Å². The lowest BCUT2D eigenvalue weighted by Gasteiger charge is -2.47. The molecule has 90 heavy (non-hydrogen) atoms. The molecule has 0 aliphatic carbocycles. The number of rotatable bonds is 21. The Bertz CT molecular complexity index is 5170. The fourth-order valence-corrected chi connectivity index (χ4v) is 10.8. The number of esters is 3. The maximum absolute atomic E-state index is 13.6. The van der Waals surface area contributed by atoms with Gasteiger partial charge in [-0.15, -0.1) is 0 Å². The molecule has 18 nitrogen and oxygen atoms in total. The molecule has 0 bridgehead atoms. The smallest absolute Gasteiger partial charge is 0.323 e. The molecule has 6 heterocycles. The van der Waals surface area contributed by atoms with Gasteiger partial charge in [-0.25, -0.2) is 0 Å². The number of hydrogen-bond acceptors (Lipinski definition) is 18. The highest BCUT2D eigenvalue weighted by Gasteiger charge is 2.45. The van der Waals surface area contributed by atoms with Crippen molar-refractivity contribution >= 4 is 17.9 Å². The number of piperidine rings is 3. The highest BCUT2D eigenvalue weighted by atomic mass is 16.6. The Morgan fingerprint density at radius 3 is 0.978 bits per heavy atom. The van der Waals surface area contributed by atoms with Gasteiger partial charge in [0.25, 0.3) is 0 Å². The van der Waals surface area contributed by atoms with E-state index in [1.807, 2.05) is 0 Å². The van der Waals surface area contributed by atoms with Gasteiger partial charge in [-0.05, 0) is 143 Å². The van der Waals surface area contributed by atoms with Crippen molar-refractivity contribution in [2.75, 3.05) is 81.6 Å². The normalized spacial score (nSPS) is 43.5. The van der Waals surface area contributed by atoms with Crippen molar-refractivity contribution in [2.24, 2.45) is 70.3 Å². The number of methoxy groups -OCH3 is 6. The average molecular weight is 1320 g/mol. The van der Waals surface area contributed by atoms with Gasteiger partial charge in [-0.3, -0.25) is 29.1 Å². The zero-order valence-electron chi connectivity index (χ0n) is 110. The summed E-state index contributed by atoms with van der Waals surface area (Å²) < 4.78 is 536. The standard InChI is InChI=1S/3C24H38N2O4/c3*1-14(2)9-17-13-26-8-7-16-10-21(28-5)22(29-6)11-18(16)19(26)12-20(17)30-24(27)23(25)15(3)4/h3*10-11,14-15,17,19-20,23H,7-9,12-13,25H2,1-6H3/t3*17?,19?,20?,23-/m000/s1/i2*1D3,3D3,4D3,5D3,7D2,8D2,9D2,14D,15D,23D;1D3,3D3,4D3,7D2,8D2,9D2,14D,15D,23D/t3*14?,17?,19?,20?,23-. The van der Waals surface area contributed by atoms with E-state index in [0.29, 0.717) is 13.8 Å². The van der Waals surface area contributed by atoms with Crippen LogP contribution < -0.4 is 45.6 Å². The summed E-state index contributed by atoms with van der Waals surface area (Å²) >= 11 is 0. The van der Waals surface area contributed by atoms with E-state index in [2.05, 4.69) is 0 Å². The van der Waals surface area contributed by atoms with Crippen molar-refractivity contribution in [2.45, 2.75) is 194 Å². The highest BCUT2D eigenvalue weighted by Crippen LogP contribution is 2.48. The number of aryl methyl sites for hydroxylation is 3. The largest absolute Gasteiger partial charge is 0.493 e. The first-order valence-electron chi connectivity index (χ1n) is 57.3. The van der Waals surface area contributed by atoms with Gasteiger partial charge in [0, 0.05) is 164 Å². The first kappa shape index (κ1) is 26.1. The van der Waals surface area contributed by atoms with Crippen LogP contribution in [-0.2, 0) is 47.7 Å². The van der Waals surface area contributed by atoms with Gasteiger partial charge in [0.1, 0.15) is 36.4 Å². The van der Waals surface area contributed by atoms with Gasteiger partial charge in [0.05, 0.1) is 54.9 Å². The zero-order valence-corrected chi connectivity index (χ0v) is 49.9. The van der Waals surface area contributed by atoms with Gasteiger partial charge in [-0.1, -0.05) is 82.4 Å².